The Balaban J connectivity index is 2.24. The van der Waals surface area contributed by atoms with E-state index in [2.05, 4.69) is 28.7 Å². The minimum atomic E-state index is 0.362. The van der Waals surface area contributed by atoms with Gasteiger partial charge in [-0.15, -0.1) is 0 Å². The number of anilines is 2. The molecule has 1 fully saturated rings. The molecule has 1 aromatic rings. The molecule has 5 heteroatoms. The van der Waals surface area contributed by atoms with Crippen LogP contribution in [0.15, 0.2) is 6.33 Å². The van der Waals surface area contributed by atoms with Gasteiger partial charge in [-0.2, -0.15) is 0 Å². The van der Waals surface area contributed by atoms with Gasteiger partial charge >= 0.3 is 0 Å². The molecule has 0 spiro atoms. The molecule has 2 rings (SSSR count). The average Bonchev–Trinajstić information content (AvgIpc) is 2.38. The quantitative estimate of drug-likeness (QED) is 0.883. The maximum absolute atomic E-state index is 5.94. The Kier molecular flexibility index (Phi) is 4.01. The fraction of sp³-hybridized carbons (Fsp3) is 0.692. The molecule has 2 atom stereocenters. The molecule has 0 saturated carbocycles. The van der Waals surface area contributed by atoms with Crippen LogP contribution in [0.1, 0.15) is 32.3 Å². The van der Waals surface area contributed by atoms with E-state index in [1.165, 1.54) is 0 Å². The minimum absolute atomic E-state index is 0.362. The number of hydrogen-bond acceptors (Lipinski definition) is 5. The van der Waals surface area contributed by atoms with Crippen LogP contribution in [0, 0.1) is 0 Å². The molecule has 0 bridgehead atoms. The molecule has 1 saturated heterocycles. The van der Waals surface area contributed by atoms with Crippen molar-refractivity contribution in [1.82, 2.24) is 9.97 Å². The molecule has 1 aromatic heterocycles. The van der Waals surface area contributed by atoms with E-state index in [9.17, 15) is 0 Å². The Bertz CT molecular complexity index is 410. The van der Waals surface area contributed by atoms with E-state index >= 15 is 0 Å². The number of nitrogens with two attached hydrogens (primary N) is 1. The smallest absolute Gasteiger partial charge is 0.137 e. The van der Waals surface area contributed by atoms with Crippen molar-refractivity contribution in [3.63, 3.8) is 0 Å². The Morgan fingerprint density at radius 3 is 2.89 bits per heavy atom. The van der Waals surface area contributed by atoms with Crippen LogP contribution in [0.5, 0.6) is 0 Å². The highest BCUT2D eigenvalue weighted by Gasteiger charge is 2.27. The number of ether oxygens (including phenoxy) is 1. The van der Waals surface area contributed by atoms with Crippen LogP contribution in [0.4, 0.5) is 11.6 Å². The van der Waals surface area contributed by atoms with E-state index in [1.807, 2.05) is 0 Å². The van der Waals surface area contributed by atoms with Crippen molar-refractivity contribution in [2.45, 2.75) is 45.3 Å². The molecular formula is C13H22N4O. The third-order valence-electron chi connectivity index (χ3n) is 3.74. The van der Waals surface area contributed by atoms with Gasteiger partial charge in [-0.1, -0.05) is 6.92 Å². The van der Waals surface area contributed by atoms with Gasteiger partial charge < -0.3 is 15.4 Å². The fourth-order valence-corrected chi connectivity index (χ4v) is 2.66. The molecule has 0 aromatic carbocycles. The lowest BCUT2D eigenvalue weighted by Crippen LogP contribution is -2.44. The number of nitrogens with zero attached hydrogens (tertiary/aromatic N) is 3. The highest BCUT2D eigenvalue weighted by Crippen LogP contribution is 2.29. The predicted octanol–water partition coefficient (Wildman–Crippen LogP) is 1.62. The topological polar surface area (TPSA) is 64.3 Å². The third-order valence-corrected chi connectivity index (χ3v) is 3.74. The summed E-state index contributed by atoms with van der Waals surface area (Å²) in [6.45, 7) is 5.26. The highest BCUT2D eigenvalue weighted by molar-refractivity contribution is 5.57. The maximum Gasteiger partial charge on any atom is 0.137 e. The Labute approximate surface area is 108 Å². The van der Waals surface area contributed by atoms with Crippen LogP contribution in [0.3, 0.4) is 0 Å². The fourth-order valence-electron chi connectivity index (χ4n) is 2.66. The molecule has 0 radical (unpaired) electrons. The SMILES string of the molecule is CCc1c(N)ncnc1N1CCC(OC)CC1C. The Morgan fingerprint density at radius 1 is 1.50 bits per heavy atom. The minimum Gasteiger partial charge on any atom is -0.383 e. The van der Waals surface area contributed by atoms with Crippen molar-refractivity contribution in [2.75, 3.05) is 24.3 Å². The van der Waals surface area contributed by atoms with Crippen LogP contribution in [-0.4, -0.2) is 35.8 Å². The second-order valence-electron chi connectivity index (χ2n) is 4.84. The largest absolute Gasteiger partial charge is 0.383 e. The lowest BCUT2D eigenvalue weighted by atomic mass is 10.00. The first-order valence-corrected chi connectivity index (χ1v) is 6.56. The number of aromatic nitrogens is 2. The normalized spacial score (nSPS) is 24.3. The van der Waals surface area contributed by atoms with Crippen molar-refractivity contribution in [2.24, 2.45) is 0 Å². The van der Waals surface area contributed by atoms with Crippen LogP contribution in [0.2, 0.25) is 0 Å². The molecule has 1 aliphatic heterocycles. The van der Waals surface area contributed by atoms with Crippen molar-refractivity contribution < 1.29 is 4.74 Å². The van der Waals surface area contributed by atoms with Crippen molar-refractivity contribution >= 4 is 11.6 Å². The molecule has 0 amide bonds. The first kappa shape index (κ1) is 13.1. The lowest BCUT2D eigenvalue weighted by molar-refractivity contribution is 0.0719. The van der Waals surface area contributed by atoms with Crippen LogP contribution in [-0.2, 0) is 11.2 Å². The van der Waals surface area contributed by atoms with Crippen LogP contribution < -0.4 is 10.6 Å². The summed E-state index contributed by atoms with van der Waals surface area (Å²) in [5, 5.41) is 0. The van der Waals surface area contributed by atoms with Crippen LogP contribution in [0.25, 0.3) is 0 Å². The summed E-state index contributed by atoms with van der Waals surface area (Å²) in [6.07, 6.45) is 4.84. The number of hydrogen-bond donors (Lipinski definition) is 1. The molecule has 2 N–H and O–H groups in total. The van der Waals surface area contributed by atoms with E-state index in [0.717, 1.165) is 37.2 Å². The van der Waals surface area contributed by atoms with Gasteiger partial charge in [0.15, 0.2) is 0 Å². The molecular weight excluding hydrogens is 228 g/mol. The molecule has 2 heterocycles. The lowest BCUT2D eigenvalue weighted by Gasteiger charge is -2.38. The number of nitrogen functional groups attached to an aromatic ring is 1. The Morgan fingerprint density at radius 2 is 2.28 bits per heavy atom. The molecule has 2 unspecified atom stereocenters. The summed E-state index contributed by atoms with van der Waals surface area (Å²) in [5.41, 5.74) is 6.99. The molecule has 18 heavy (non-hydrogen) atoms. The van der Waals surface area contributed by atoms with Gasteiger partial charge in [0.05, 0.1) is 6.10 Å². The summed E-state index contributed by atoms with van der Waals surface area (Å²) in [4.78, 5) is 10.8. The number of rotatable bonds is 3. The third kappa shape index (κ3) is 2.41. The Hall–Kier alpha value is -1.36. The second kappa shape index (κ2) is 5.52. The van der Waals surface area contributed by atoms with E-state index in [4.69, 9.17) is 10.5 Å². The van der Waals surface area contributed by atoms with E-state index in [0.29, 0.717) is 18.0 Å². The second-order valence-corrected chi connectivity index (χ2v) is 4.84. The molecule has 1 aliphatic rings. The van der Waals surface area contributed by atoms with Gasteiger partial charge in [0.2, 0.25) is 0 Å². The summed E-state index contributed by atoms with van der Waals surface area (Å²) in [7, 11) is 1.78. The maximum atomic E-state index is 5.94. The zero-order chi connectivity index (χ0) is 13.1. The molecule has 5 nitrogen and oxygen atoms in total. The molecule has 0 aliphatic carbocycles. The number of piperidine rings is 1. The summed E-state index contributed by atoms with van der Waals surface area (Å²) in [5.74, 6) is 1.59. The standard InChI is InChI=1S/C13H22N4O/c1-4-11-12(14)15-8-16-13(11)17-6-5-10(18-3)7-9(17)2/h8-10H,4-7H2,1-3H3,(H2,14,15,16). The van der Waals surface area contributed by atoms with Crippen molar-refractivity contribution in [3.8, 4) is 0 Å². The van der Waals surface area contributed by atoms with E-state index in [1.54, 1.807) is 13.4 Å². The molecule has 100 valence electrons. The van der Waals surface area contributed by atoms with Crippen molar-refractivity contribution in [3.05, 3.63) is 11.9 Å². The van der Waals surface area contributed by atoms with E-state index in [-0.39, 0.29) is 0 Å². The number of methoxy groups -OCH3 is 1. The predicted molar refractivity (Wildman–Crippen MR) is 72.7 cm³/mol. The average molecular weight is 250 g/mol. The van der Waals surface area contributed by atoms with Gasteiger partial charge in [0.25, 0.3) is 0 Å². The summed E-state index contributed by atoms with van der Waals surface area (Å²) >= 11 is 0. The first-order valence-electron chi connectivity index (χ1n) is 6.56. The van der Waals surface area contributed by atoms with Gasteiger partial charge in [0.1, 0.15) is 18.0 Å². The summed E-state index contributed by atoms with van der Waals surface area (Å²) in [6, 6.07) is 0.420. The zero-order valence-electron chi connectivity index (χ0n) is 11.4. The van der Waals surface area contributed by atoms with Crippen LogP contribution >= 0.6 is 0 Å². The summed E-state index contributed by atoms with van der Waals surface area (Å²) < 4.78 is 5.44. The van der Waals surface area contributed by atoms with E-state index < -0.39 is 0 Å². The van der Waals surface area contributed by atoms with Gasteiger partial charge in [-0.05, 0) is 26.2 Å². The van der Waals surface area contributed by atoms with Gasteiger partial charge in [-0.25, -0.2) is 9.97 Å². The van der Waals surface area contributed by atoms with Crippen molar-refractivity contribution in [1.29, 1.82) is 0 Å². The van der Waals surface area contributed by atoms with Gasteiger partial charge in [0, 0.05) is 25.3 Å². The zero-order valence-corrected chi connectivity index (χ0v) is 11.4. The highest BCUT2D eigenvalue weighted by atomic mass is 16.5. The monoisotopic (exact) mass is 250 g/mol. The first-order chi connectivity index (χ1) is 8.67. The van der Waals surface area contributed by atoms with Gasteiger partial charge in [-0.3, -0.25) is 0 Å².